The molecule has 7 nitrogen and oxygen atoms in total. The lowest BCUT2D eigenvalue weighted by Gasteiger charge is -2.10. The Hall–Kier alpha value is -4.00. The highest BCUT2D eigenvalue weighted by Crippen LogP contribution is 2.14. The Morgan fingerprint density at radius 2 is 1.57 bits per heavy atom. The number of rotatable bonds is 5. The van der Waals surface area contributed by atoms with Crippen LogP contribution >= 0.6 is 0 Å². The number of hydrogen-bond acceptors (Lipinski definition) is 5. The summed E-state index contributed by atoms with van der Waals surface area (Å²) in [6, 6.07) is 23.9. The number of benzene rings is 3. The second-order valence-electron chi connectivity index (χ2n) is 5.82. The lowest BCUT2D eigenvalue weighted by atomic mass is 10.2. The van der Waals surface area contributed by atoms with Crippen LogP contribution in [0.4, 0.5) is 5.69 Å². The second-order valence-corrected chi connectivity index (χ2v) is 5.82. The summed E-state index contributed by atoms with van der Waals surface area (Å²) in [5.74, 6) is -0.365. The van der Waals surface area contributed by atoms with Gasteiger partial charge in [0.25, 0.3) is 5.69 Å². The molecule has 0 amide bonds. The Morgan fingerprint density at radius 3 is 2.25 bits per heavy atom. The molecule has 0 saturated carbocycles. The van der Waals surface area contributed by atoms with E-state index in [0.717, 1.165) is 5.56 Å². The van der Waals surface area contributed by atoms with Gasteiger partial charge in [0.15, 0.2) is 5.84 Å². The standard InChI is InChI=1S/C21H17N3O4/c25-21(17-10-5-2-6-11-17)28-23-20(22-15-16-8-3-1-4-9-16)18-12-7-13-19(14-18)24(26)27/h1-14H,15H2,(H,22,23). The maximum Gasteiger partial charge on any atom is 0.362 e. The highest BCUT2D eigenvalue weighted by molar-refractivity contribution is 6.00. The molecule has 7 heteroatoms. The molecule has 0 spiro atoms. The van der Waals surface area contributed by atoms with Gasteiger partial charge in [-0.05, 0) is 17.7 Å². The molecule has 0 bridgehead atoms. The van der Waals surface area contributed by atoms with E-state index >= 15 is 0 Å². The largest absolute Gasteiger partial charge is 0.362 e. The summed E-state index contributed by atoms with van der Waals surface area (Å²) < 4.78 is 0. The SMILES string of the molecule is O=C(ONC(=NCc1ccccc1)c1cccc([N+](=O)[O-])c1)c1ccccc1. The molecule has 0 unspecified atom stereocenters. The van der Waals surface area contributed by atoms with Gasteiger partial charge in [-0.25, -0.2) is 4.79 Å². The molecule has 140 valence electrons. The molecule has 0 saturated heterocycles. The van der Waals surface area contributed by atoms with E-state index in [2.05, 4.69) is 10.5 Å². The summed E-state index contributed by atoms with van der Waals surface area (Å²) in [6.45, 7) is 0.314. The number of hydroxylamine groups is 1. The predicted molar refractivity (Wildman–Crippen MR) is 105 cm³/mol. The third kappa shape index (κ3) is 5.01. The molecule has 0 fully saturated rings. The Morgan fingerprint density at radius 1 is 0.929 bits per heavy atom. The quantitative estimate of drug-likeness (QED) is 0.316. The molecule has 3 rings (SSSR count). The van der Waals surface area contributed by atoms with E-state index in [0.29, 0.717) is 17.7 Å². The third-order valence-corrected chi connectivity index (χ3v) is 3.84. The Labute approximate surface area is 161 Å². The van der Waals surface area contributed by atoms with Crippen LogP contribution in [0.1, 0.15) is 21.5 Å². The van der Waals surface area contributed by atoms with Gasteiger partial charge in [-0.15, -0.1) is 0 Å². The zero-order chi connectivity index (χ0) is 19.8. The van der Waals surface area contributed by atoms with E-state index in [-0.39, 0.29) is 11.5 Å². The van der Waals surface area contributed by atoms with Gasteiger partial charge in [0.05, 0.1) is 17.0 Å². The minimum absolute atomic E-state index is 0.0823. The number of nitrogens with zero attached hydrogens (tertiary/aromatic N) is 2. The van der Waals surface area contributed by atoms with Crippen molar-refractivity contribution in [3.8, 4) is 0 Å². The lowest BCUT2D eigenvalue weighted by molar-refractivity contribution is -0.384. The van der Waals surface area contributed by atoms with E-state index < -0.39 is 10.9 Å². The molecule has 1 N–H and O–H groups in total. The fraction of sp³-hybridized carbons (Fsp3) is 0.0476. The van der Waals surface area contributed by atoms with Crippen LogP contribution in [0.15, 0.2) is 89.9 Å². The minimum Gasteiger partial charge on any atom is -0.336 e. The number of nitrogens with one attached hydrogen (secondary N) is 1. The highest BCUT2D eigenvalue weighted by Gasteiger charge is 2.13. The Kier molecular flexibility index (Phi) is 6.10. The molecule has 28 heavy (non-hydrogen) atoms. The molecule has 0 radical (unpaired) electrons. The number of amidine groups is 1. The molecule has 0 atom stereocenters. The molecule has 0 aromatic heterocycles. The van der Waals surface area contributed by atoms with E-state index in [9.17, 15) is 14.9 Å². The molecular weight excluding hydrogens is 358 g/mol. The summed E-state index contributed by atoms with van der Waals surface area (Å²) in [5.41, 5.74) is 4.22. The summed E-state index contributed by atoms with van der Waals surface area (Å²) >= 11 is 0. The lowest BCUT2D eigenvalue weighted by Crippen LogP contribution is -2.28. The van der Waals surface area contributed by atoms with Crippen LogP contribution in [-0.4, -0.2) is 16.7 Å². The van der Waals surface area contributed by atoms with E-state index in [1.165, 1.54) is 12.1 Å². The van der Waals surface area contributed by atoms with Crippen molar-refractivity contribution >= 4 is 17.5 Å². The average Bonchev–Trinajstić information content (AvgIpc) is 2.75. The number of nitro benzene ring substituents is 1. The van der Waals surface area contributed by atoms with Crippen molar-refractivity contribution < 1.29 is 14.6 Å². The Bertz CT molecular complexity index is 989. The minimum atomic E-state index is -0.585. The van der Waals surface area contributed by atoms with Crippen LogP contribution in [0.25, 0.3) is 0 Å². The Balaban J connectivity index is 1.83. The predicted octanol–water partition coefficient (Wildman–Crippen LogP) is 3.90. The van der Waals surface area contributed by atoms with Gasteiger partial charge in [-0.2, -0.15) is 5.48 Å². The van der Waals surface area contributed by atoms with Crippen LogP contribution in [-0.2, 0) is 11.4 Å². The number of non-ortho nitro benzene ring substituents is 1. The van der Waals surface area contributed by atoms with Crippen molar-refractivity contribution in [2.75, 3.05) is 0 Å². The molecule has 0 aliphatic rings. The van der Waals surface area contributed by atoms with Crippen LogP contribution in [0.2, 0.25) is 0 Å². The number of carbonyl (C=O) groups excluding carboxylic acids is 1. The van der Waals surface area contributed by atoms with E-state index in [1.54, 1.807) is 42.5 Å². The van der Waals surface area contributed by atoms with E-state index in [4.69, 9.17) is 4.84 Å². The maximum atomic E-state index is 12.2. The van der Waals surface area contributed by atoms with E-state index in [1.807, 2.05) is 30.3 Å². The van der Waals surface area contributed by atoms with Gasteiger partial charge in [-0.1, -0.05) is 60.7 Å². The zero-order valence-corrected chi connectivity index (χ0v) is 14.8. The van der Waals surface area contributed by atoms with Crippen molar-refractivity contribution in [3.63, 3.8) is 0 Å². The van der Waals surface area contributed by atoms with Crippen LogP contribution < -0.4 is 5.48 Å². The molecular formula is C21H17N3O4. The number of carbonyl (C=O) groups is 1. The number of hydrogen-bond donors (Lipinski definition) is 1. The summed E-state index contributed by atoms with van der Waals surface area (Å²) in [7, 11) is 0. The zero-order valence-electron chi connectivity index (χ0n) is 14.8. The van der Waals surface area contributed by atoms with Gasteiger partial charge < -0.3 is 4.84 Å². The highest BCUT2D eigenvalue weighted by atomic mass is 16.7. The molecule has 0 heterocycles. The van der Waals surface area contributed by atoms with Crippen LogP contribution in [0, 0.1) is 10.1 Å². The van der Waals surface area contributed by atoms with Crippen molar-refractivity contribution in [3.05, 3.63) is 112 Å². The fourth-order valence-corrected chi connectivity index (χ4v) is 2.43. The van der Waals surface area contributed by atoms with Crippen molar-refractivity contribution in [2.45, 2.75) is 6.54 Å². The van der Waals surface area contributed by atoms with Gasteiger partial charge in [0.1, 0.15) is 0 Å². The van der Waals surface area contributed by atoms with Crippen molar-refractivity contribution in [1.82, 2.24) is 5.48 Å². The molecule has 3 aromatic carbocycles. The van der Waals surface area contributed by atoms with Gasteiger partial charge in [0, 0.05) is 17.7 Å². The first kappa shape index (κ1) is 18.8. The first-order chi connectivity index (χ1) is 13.6. The smallest absolute Gasteiger partial charge is 0.336 e. The van der Waals surface area contributed by atoms with Gasteiger partial charge in [-0.3, -0.25) is 15.1 Å². The van der Waals surface area contributed by atoms with Gasteiger partial charge >= 0.3 is 5.97 Å². The summed E-state index contributed by atoms with van der Waals surface area (Å²) in [5, 5.41) is 11.1. The normalized spacial score (nSPS) is 10.9. The second kappa shape index (κ2) is 9.09. The fourth-order valence-electron chi connectivity index (χ4n) is 2.43. The monoisotopic (exact) mass is 375 g/mol. The summed E-state index contributed by atoms with van der Waals surface area (Å²) in [6.07, 6.45) is 0. The molecule has 3 aromatic rings. The average molecular weight is 375 g/mol. The third-order valence-electron chi connectivity index (χ3n) is 3.84. The van der Waals surface area contributed by atoms with Crippen molar-refractivity contribution in [2.24, 2.45) is 4.99 Å². The van der Waals surface area contributed by atoms with Crippen LogP contribution in [0.3, 0.4) is 0 Å². The van der Waals surface area contributed by atoms with Crippen molar-refractivity contribution in [1.29, 1.82) is 0 Å². The maximum absolute atomic E-state index is 12.2. The topological polar surface area (TPSA) is 93.8 Å². The van der Waals surface area contributed by atoms with Crippen LogP contribution in [0.5, 0.6) is 0 Å². The first-order valence-corrected chi connectivity index (χ1v) is 8.49. The molecule has 0 aliphatic carbocycles. The number of aliphatic imine (C=N–C) groups is 1. The summed E-state index contributed by atoms with van der Waals surface area (Å²) in [4.78, 5) is 32.3. The molecule has 0 aliphatic heterocycles. The van der Waals surface area contributed by atoms with Gasteiger partial charge in [0.2, 0.25) is 0 Å². The number of nitro groups is 1. The first-order valence-electron chi connectivity index (χ1n) is 8.49.